The molecule has 0 saturated heterocycles. The highest BCUT2D eigenvalue weighted by atomic mass is 19.4. The summed E-state index contributed by atoms with van der Waals surface area (Å²) in [4.78, 5) is 12.3. The number of para-hydroxylation sites is 1. The molecule has 0 aliphatic rings. The predicted molar refractivity (Wildman–Crippen MR) is 101 cm³/mol. The maximum Gasteiger partial charge on any atom is 0.418 e. The van der Waals surface area contributed by atoms with Gasteiger partial charge in [0.15, 0.2) is 0 Å². The largest absolute Gasteiger partial charge is 0.418 e. The fraction of sp³-hybridized carbons (Fsp3) is 0.200. The molecule has 2 N–H and O–H groups in total. The van der Waals surface area contributed by atoms with Gasteiger partial charge in [-0.05, 0) is 32.0 Å². The van der Waals surface area contributed by atoms with Crippen LogP contribution in [0.3, 0.4) is 0 Å². The Hall–Kier alpha value is -3.36. The van der Waals surface area contributed by atoms with E-state index < -0.39 is 17.8 Å². The van der Waals surface area contributed by atoms with E-state index in [0.29, 0.717) is 22.6 Å². The Morgan fingerprint density at radius 1 is 1.03 bits per heavy atom. The number of carbonyl (C=O) groups is 1. The predicted octanol–water partition coefficient (Wildman–Crippen LogP) is 5.35. The van der Waals surface area contributed by atoms with Gasteiger partial charge in [-0.25, -0.2) is 9.18 Å². The van der Waals surface area contributed by atoms with E-state index in [2.05, 4.69) is 15.7 Å². The molecule has 0 aliphatic heterocycles. The molecule has 0 fully saturated rings. The normalized spacial score (nSPS) is 11.4. The Bertz CT molecular complexity index is 1040. The van der Waals surface area contributed by atoms with Gasteiger partial charge in [0.25, 0.3) is 0 Å². The highest BCUT2D eigenvalue weighted by Gasteiger charge is 2.33. The molecular formula is C20H18F4N4O. The van der Waals surface area contributed by atoms with Crippen LogP contribution in [0.15, 0.2) is 48.5 Å². The minimum atomic E-state index is -4.60. The van der Waals surface area contributed by atoms with Crippen molar-refractivity contribution in [2.24, 2.45) is 0 Å². The van der Waals surface area contributed by atoms with Crippen LogP contribution < -0.4 is 10.6 Å². The van der Waals surface area contributed by atoms with Crippen molar-refractivity contribution in [1.82, 2.24) is 9.78 Å². The summed E-state index contributed by atoms with van der Waals surface area (Å²) >= 11 is 0. The summed E-state index contributed by atoms with van der Waals surface area (Å²) in [5, 5.41) is 9.04. The minimum absolute atomic E-state index is 0.152. The van der Waals surface area contributed by atoms with Gasteiger partial charge in [-0.2, -0.15) is 18.3 Å². The number of rotatable bonds is 4. The number of nitrogens with one attached hydrogen (secondary N) is 2. The molecule has 3 aromatic rings. The number of alkyl halides is 3. The Balaban J connectivity index is 1.79. The van der Waals surface area contributed by atoms with Crippen LogP contribution in [-0.2, 0) is 12.7 Å². The van der Waals surface area contributed by atoms with Crippen molar-refractivity contribution < 1.29 is 22.4 Å². The topological polar surface area (TPSA) is 59.0 Å². The number of anilines is 2. The van der Waals surface area contributed by atoms with Gasteiger partial charge in [0.05, 0.1) is 34.9 Å². The van der Waals surface area contributed by atoms with Crippen molar-refractivity contribution >= 4 is 17.4 Å². The zero-order valence-electron chi connectivity index (χ0n) is 15.6. The summed E-state index contributed by atoms with van der Waals surface area (Å²) in [6.45, 7) is 3.48. The number of amides is 2. The van der Waals surface area contributed by atoms with Gasteiger partial charge in [-0.15, -0.1) is 0 Å². The summed E-state index contributed by atoms with van der Waals surface area (Å²) < 4.78 is 54.7. The fourth-order valence-corrected chi connectivity index (χ4v) is 2.93. The Morgan fingerprint density at radius 3 is 2.38 bits per heavy atom. The first-order valence-electron chi connectivity index (χ1n) is 8.68. The van der Waals surface area contributed by atoms with Crippen molar-refractivity contribution in [2.75, 3.05) is 10.6 Å². The Morgan fingerprint density at radius 2 is 1.69 bits per heavy atom. The van der Waals surface area contributed by atoms with Gasteiger partial charge in [0.1, 0.15) is 5.82 Å². The lowest BCUT2D eigenvalue weighted by molar-refractivity contribution is -0.136. The molecule has 1 aromatic heterocycles. The third kappa shape index (κ3) is 4.56. The number of urea groups is 1. The highest BCUT2D eigenvalue weighted by molar-refractivity contribution is 6.01. The summed E-state index contributed by atoms with van der Waals surface area (Å²) in [6.07, 6.45) is -4.60. The smallest absolute Gasteiger partial charge is 0.307 e. The van der Waals surface area contributed by atoms with Crippen LogP contribution in [-0.4, -0.2) is 15.8 Å². The SMILES string of the molecule is Cc1nn(Cc2ccccc2F)c(C)c1NC(=O)Nc1ccccc1C(F)(F)F. The molecular weight excluding hydrogens is 388 g/mol. The number of aromatic nitrogens is 2. The first-order valence-corrected chi connectivity index (χ1v) is 8.68. The van der Waals surface area contributed by atoms with E-state index in [1.165, 1.54) is 28.9 Å². The number of hydrogen-bond donors (Lipinski definition) is 2. The quantitative estimate of drug-likeness (QED) is 0.574. The third-order valence-corrected chi connectivity index (χ3v) is 4.38. The van der Waals surface area contributed by atoms with Crippen LogP contribution in [0, 0.1) is 19.7 Å². The molecule has 0 unspecified atom stereocenters. The summed E-state index contributed by atoms with van der Waals surface area (Å²) in [7, 11) is 0. The van der Waals surface area contributed by atoms with Crippen LogP contribution in [0.2, 0.25) is 0 Å². The minimum Gasteiger partial charge on any atom is -0.307 e. The van der Waals surface area contributed by atoms with Gasteiger partial charge in [-0.3, -0.25) is 4.68 Å². The van der Waals surface area contributed by atoms with E-state index in [1.54, 1.807) is 32.0 Å². The third-order valence-electron chi connectivity index (χ3n) is 4.38. The van der Waals surface area contributed by atoms with Crippen LogP contribution >= 0.6 is 0 Å². The number of hydrogen-bond acceptors (Lipinski definition) is 2. The zero-order chi connectivity index (χ0) is 21.2. The second kappa shape index (κ2) is 7.94. The fourth-order valence-electron chi connectivity index (χ4n) is 2.93. The molecule has 1 heterocycles. The molecule has 2 amide bonds. The van der Waals surface area contributed by atoms with Crippen molar-refractivity contribution in [1.29, 1.82) is 0 Å². The molecule has 5 nitrogen and oxygen atoms in total. The van der Waals surface area contributed by atoms with E-state index in [9.17, 15) is 22.4 Å². The number of aryl methyl sites for hydroxylation is 1. The average molecular weight is 406 g/mol. The monoisotopic (exact) mass is 406 g/mol. The number of benzene rings is 2. The second-order valence-corrected chi connectivity index (χ2v) is 6.42. The summed E-state index contributed by atoms with van der Waals surface area (Å²) in [5.74, 6) is -0.379. The highest BCUT2D eigenvalue weighted by Crippen LogP contribution is 2.34. The van der Waals surface area contributed by atoms with Crippen LogP contribution in [0.25, 0.3) is 0 Å². The number of carbonyl (C=O) groups excluding carboxylic acids is 1. The molecule has 0 spiro atoms. The average Bonchev–Trinajstić information content (AvgIpc) is 2.90. The standard InChI is InChI=1S/C20H18F4N4O/c1-12-18(13(2)28(27-12)11-14-7-3-5-9-16(14)21)26-19(29)25-17-10-6-4-8-15(17)20(22,23)24/h3-10H,11H2,1-2H3,(H2,25,26,29). The van der Waals surface area contributed by atoms with Crippen molar-refractivity contribution in [2.45, 2.75) is 26.6 Å². The van der Waals surface area contributed by atoms with E-state index in [1.807, 2.05) is 0 Å². The first-order chi connectivity index (χ1) is 13.7. The lowest BCUT2D eigenvalue weighted by Gasteiger charge is -2.14. The molecule has 2 aromatic carbocycles. The van der Waals surface area contributed by atoms with Gasteiger partial charge in [-0.1, -0.05) is 30.3 Å². The van der Waals surface area contributed by atoms with Crippen LogP contribution in [0.1, 0.15) is 22.5 Å². The maximum absolute atomic E-state index is 13.9. The molecule has 0 aliphatic carbocycles. The Kier molecular flexibility index (Phi) is 5.58. The van der Waals surface area contributed by atoms with Gasteiger partial charge < -0.3 is 10.6 Å². The van der Waals surface area contributed by atoms with Crippen molar-refractivity contribution in [3.8, 4) is 0 Å². The van der Waals surface area contributed by atoms with Gasteiger partial charge in [0, 0.05) is 5.56 Å². The molecule has 0 saturated carbocycles. The molecule has 0 bridgehead atoms. The molecule has 9 heteroatoms. The number of halogens is 4. The van der Waals surface area contributed by atoms with Crippen LogP contribution in [0.4, 0.5) is 33.7 Å². The maximum atomic E-state index is 13.9. The summed E-state index contributed by atoms with van der Waals surface area (Å²) in [6, 6.07) is 10.1. The van der Waals surface area contributed by atoms with Crippen molar-refractivity contribution in [3.05, 3.63) is 76.9 Å². The lowest BCUT2D eigenvalue weighted by Crippen LogP contribution is -2.22. The molecule has 152 valence electrons. The zero-order valence-corrected chi connectivity index (χ0v) is 15.6. The number of nitrogens with zero attached hydrogens (tertiary/aromatic N) is 2. The van der Waals surface area contributed by atoms with E-state index >= 15 is 0 Å². The Labute approximate surface area is 164 Å². The second-order valence-electron chi connectivity index (χ2n) is 6.42. The van der Waals surface area contributed by atoms with Crippen LogP contribution in [0.5, 0.6) is 0 Å². The van der Waals surface area contributed by atoms with Crippen molar-refractivity contribution in [3.63, 3.8) is 0 Å². The van der Waals surface area contributed by atoms with Gasteiger partial charge >= 0.3 is 12.2 Å². The lowest BCUT2D eigenvalue weighted by atomic mass is 10.1. The van der Waals surface area contributed by atoms with E-state index in [-0.39, 0.29) is 18.0 Å². The molecule has 0 atom stereocenters. The molecule has 0 radical (unpaired) electrons. The van der Waals surface area contributed by atoms with Gasteiger partial charge in [0.2, 0.25) is 0 Å². The first kappa shape index (κ1) is 20.4. The van der Waals surface area contributed by atoms with E-state index in [0.717, 1.165) is 6.07 Å². The molecule has 3 rings (SSSR count). The molecule has 29 heavy (non-hydrogen) atoms. The van der Waals surface area contributed by atoms with E-state index in [4.69, 9.17) is 0 Å². The summed E-state index contributed by atoms with van der Waals surface area (Å²) in [5.41, 5.74) is 0.477.